The molecule has 0 spiro atoms. The van der Waals surface area contributed by atoms with Crippen LogP contribution in [0.1, 0.15) is 6.92 Å². The van der Waals surface area contributed by atoms with E-state index in [2.05, 4.69) is 0 Å². The van der Waals surface area contributed by atoms with Crippen LogP contribution in [-0.2, 0) is 0 Å². The molecule has 62 valence electrons. The van der Waals surface area contributed by atoms with Crippen LogP contribution in [0, 0.1) is 0 Å². The quantitative estimate of drug-likeness (QED) is 0.632. The predicted octanol–water partition coefficient (Wildman–Crippen LogP) is 2.05. The normalized spacial score (nSPS) is 37.1. The van der Waals surface area contributed by atoms with Crippen LogP contribution in [0.15, 0.2) is 23.8 Å². The zero-order valence-corrected chi connectivity index (χ0v) is 7.86. The number of alkyl halides is 2. The van der Waals surface area contributed by atoms with E-state index in [-0.39, 0.29) is 5.38 Å². The first-order chi connectivity index (χ1) is 5.09. The zero-order valence-electron chi connectivity index (χ0n) is 6.35. The Labute approximate surface area is 76.9 Å². The van der Waals surface area contributed by atoms with Crippen molar-refractivity contribution in [1.82, 2.24) is 0 Å². The van der Waals surface area contributed by atoms with Gasteiger partial charge < -0.3 is 5.73 Å². The van der Waals surface area contributed by atoms with E-state index in [0.717, 1.165) is 5.57 Å². The molecule has 1 nitrogen and oxygen atoms in total. The summed E-state index contributed by atoms with van der Waals surface area (Å²) in [6.07, 6.45) is 5.68. The molecule has 1 aliphatic rings. The SMILES string of the molecule is CC1(Cl)C(CN)=CC=CC1Cl. The summed E-state index contributed by atoms with van der Waals surface area (Å²) >= 11 is 12.1. The summed E-state index contributed by atoms with van der Waals surface area (Å²) in [5, 5.41) is -0.160. The van der Waals surface area contributed by atoms with Gasteiger partial charge in [0.15, 0.2) is 0 Å². The Balaban J connectivity index is 2.92. The molecule has 11 heavy (non-hydrogen) atoms. The lowest BCUT2D eigenvalue weighted by Gasteiger charge is -2.30. The molecular weight excluding hydrogens is 181 g/mol. The van der Waals surface area contributed by atoms with Gasteiger partial charge in [0.25, 0.3) is 0 Å². The summed E-state index contributed by atoms with van der Waals surface area (Å²) in [6.45, 7) is 2.35. The van der Waals surface area contributed by atoms with Crippen molar-refractivity contribution in [2.24, 2.45) is 5.73 Å². The highest BCUT2D eigenvalue weighted by atomic mass is 35.5. The monoisotopic (exact) mass is 191 g/mol. The maximum atomic E-state index is 6.16. The first-order valence-electron chi connectivity index (χ1n) is 3.50. The highest BCUT2D eigenvalue weighted by Crippen LogP contribution is 2.34. The largest absolute Gasteiger partial charge is 0.327 e. The van der Waals surface area contributed by atoms with Gasteiger partial charge in [-0.3, -0.25) is 0 Å². The van der Waals surface area contributed by atoms with Gasteiger partial charge in [-0.05, 0) is 12.5 Å². The van der Waals surface area contributed by atoms with Crippen LogP contribution < -0.4 is 5.73 Å². The highest BCUT2D eigenvalue weighted by Gasteiger charge is 2.33. The van der Waals surface area contributed by atoms with Gasteiger partial charge in [-0.1, -0.05) is 18.2 Å². The molecule has 0 radical (unpaired) electrons. The average molecular weight is 192 g/mol. The maximum Gasteiger partial charge on any atom is 0.0840 e. The predicted molar refractivity (Wildman–Crippen MR) is 50.2 cm³/mol. The van der Waals surface area contributed by atoms with Gasteiger partial charge in [-0.25, -0.2) is 0 Å². The molecule has 0 aliphatic heterocycles. The molecule has 0 heterocycles. The number of hydrogen-bond donors (Lipinski definition) is 1. The second kappa shape index (κ2) is 3.18. The van der Waals surface area contributed by atoms with Crippen molar-refractivity contribution in [2.45, 2.75) is 17.2 Å². The summed E-state index contributed by atoms with van der Waals surface area (Å²) in [5.74, 6) is 0. The smallest absolute Gasteiger partial charge is 0.0840 e. The molecule has 0 saturated carbocycles. The fourth-order valence-electron chi connectivity index (χ4n) is 1.06. The van der Waals surface area contributed by atoms with E-state index < -0.39 is 4.87 Å². The lowest BCUT2D eigenvalue weighted by molar-refractivity contribution is 0.720. The van der Waals surface area contributed by atoms with Crippen molar-refractivity contribution in [3.63, 3.8) is 0 Å². The van der Waals surface area contributed by atoms with Crippen LogP contribution in [0.25, 0.3) is 0 Å². The Hall–Kier alpha value is 0.0200. The summed E-state index contributed by atoms with van der Waals surface area (Å²) < 4.78 is 0. The molecule has 2 atom stereocenters. The van der Waals surface area contributed by atoms with Crippen molar-refractivity contribution in [2.75, 3.05) is 6.54 Å². The van der Waals surface area contributed by atoms with E-state index in [4.69, 9.17) is 28.9 Å². The van der Waals surface area contributed by atoms with E-state index in [1.54, 1.807) is 0 Å². The molecule has 1 aliphatic carbocycles. The Bertz CT molecular complexity index is 206. The Morgan fingerprint density at radius 1 is 1.73 bits per heavy atom. The first kappa shape index (κ1) is 9.11. The average Bonchev–Trinajstić information content (AvgIpc) is 1.95. The zero-order chi connectivity index (χ0) is 8.48. The molecule has 3 heteroatoms. The fraction of sp³-hybridized carbons (Fsp3) is 0.500. The van der Waals surface area contributed by atoms with E-state index in [0.29, 0.717) is 6.54 Å². The second-order valence-corrected chi connectivity index (χ2v) is 4.01. The summed E-state index contributed by atoms with van der Waals surface area (Å²) in [4.78, 5) is -0.509. The molecule has 2 N–H and O–H groups in total. The van der Waals surface area contributed by atoms with E-state index in [1.165, 1.54) is 0 Å². The van der Waals surface area contributed by atoms with Gasteiger partial charge in [0, 0.05) is 6.54 Å². The Morgan fingerprint density at radius 2 is 2.36 bits per heavy atom. The molecule has 0 aromatic rings. The molecule has 0 saturated heterocycles. The number of rotatable bonds is 1. The molecule has 0 fully saturated rings. The van der Waals surface area contributed by atoms with E-state index >= 15 is 0 Å². The number of hydrogen-bond acceptors (Lipinski definition) is 1. The lowest BCUT2D eigenvalue weighted by Crippen LogP contribution is -2.35. The van der Waals surface area contributed by atoms with Crippen LogP contribution in [0.3, 0.4) is 0 Å². The summed E-state index contributed by atoms with van der Waals surface area (Å²) in [5.41, 5.74) is 6.48. The van der Waals surface area contributed by atoms with E-state index in [1.807, 2.05) is 25.2 Å². The summed E-state index contributed by atoms with van der Waals surface area (Å²) in [7, 11) is 0. The van der Waals surface area contributed by atoms with Gasteiger partial charge >= 0.3 is 0 Å². The molecular formula is C8H11Cl2N. The Morgan fingerprint density at radius 3 is 2.82 bits per heavy atom. The van der Waals surface area contributed by atoms with Crippen LogP contribution in [0.4, 0.5) is 0 Å². The Kier molecular flexibility index (Phi) is 2.63. The highest BCUT2D eigenvalue weighted by molar-refractivity contribution is 6.34. The fourth-order valence-corrected chi connectivity index (χ4v) is 1.49. The third-order valence-corrected chi connectivity index (χ3v) is 3.11. The first-order valence-corrected chi connectivity index (χ1v) is 4.31. The minimum atomic E-state index is -0.509. The van der Waals surface area contributed by atoms with Crippen molar-refractivity contribution < 1.29 is 0 Å². The number of allylic oxidation sites excluding steroid dienone is 3. The minimum Gasteiger partial charge on any atom is -0.327 e. The summed E-state index contributed by atoms with van der Waals surface area (Å²) in [6, 6.07) is 0. The van der Waals surface area contributed by atoms with Gasteiger partial charge in [0.05, 0.1) is 10.3 Å². The third kappa shape index (κ3) is 1.61. The van der Waals surface area contributed by atoms with E-state index in [9.17, 15) is 0 Å². The van der Waals surface area contributed by atoms with Crippen LogP contribution in [-0.4, -0.2) is 16.8 Å². The number of nitrogens with two attached hydrogens (primary N) is 1. The minimum absolute atomic E-state index is 0.160. The van der Waals surface area contributed by atoms with Crippen molar-refractivity contribution in [1.29, 1.82) is 0 Å². The number of halogens is 2. The molecule has 0 amide bonds. The van der Waals surface area contributed by atoms with Gasteiger partial charge in [0.1, 0.15) is 0 Å². The van der Waals surface area contributed by atoms with Crippen LogP contribution in [0.5, 0.6) is 0 Å². The molecule has 0 aromatic carbocycles. The molecule has 2 unspecified atom stereocenters. The third-order valence-electron chi connectivity index (χ3n) is 1.94. The van der Waals surface area contributed by atoms with Gasteiger partial charge in [0.2, 0.25) is 0 Å². The van der Waals surface area contributed by atoms with Crippen LogP contribution >= 0.6 is 23.2 Å². The van der Waals surface area contributed by atoms with Crippen molar-refractivity contribution in [3.8, 4) is 0 Å². The second-order valence-electron chi connectivity index (χ2n) is 2.76. The van der Waals surface area contributed by atoms with Gasteiger partial charge in [-0.15, -0.1) is 23.2 Å². The lowest BCUT2D eigenvalue weighted by atomic mass is 9.92. The molecule has 1 rings (SSSR count). The molecule has 0 aromatic heterocycles. The van der Waals surface area contributed by atoms with Crippen molar-refractivity contribution in [3.05, 3.63) is 23.8 Å². The van der Waals surface area contributed by atoms with Gasteiger partial charge in [-0.2, -0.15) is 0 Å². The maximum absolute atomic E-state index is 6.16. The molecule has 0 bridgehead atoms. The topological polar surface area (TPSA) is 26.0 Å². The van der Waals surface area contributed by atoms with Crippen LogP contribution in [0.2, 0.25) is 0 Å². The van der Waals surface area contributed by atoms with Crippen molar-refractivity contribution >= 4 is 23.2 Å². The standard InChI is InChI=1S/C8H11Cl2N/c1-8(10)6(5-11)3-2-4-7(8)9/h2-4,7H,5,11H2,1H3.